The Morgan fingerprint density at radius 2 is 1.33 bits per heavy atom. The summed E-state index contributed by atoms with van der Waals surface area (Å²) >= 11 is 5.47. The number of fused-ring (bicyclic) bond motifs is 3. The number of H-pyrrole nitrogens is 1. The Hall–Kier alpha value is -0.630. The van der Waals surface area contributed by atoms with Crippen molar-refractivity contribution in [3.05, 3.63) is 27.0 Å². The van der Waals surface area contributed by atoms with Gasteiger partial charge in [-0.1, -0.05) is 12.2 Å². The highest BCUT2D eigenvalue weighted by Gasteiger charge is 2.20. The predicted octanol–water partition coefficient (Wildman–Crippen LogP) is 3.50. The molecule has 0 unspecified atom stereocenters. The minimum absolute atomic E-state index is 1.03. The van der Waals surface area contributed by atoms with E-state index in [9.17, 15) is 0 Å². The largest absolute Gasteiger partial charge is 0.350 e. The summed E-state index contributed by atoms with van der Waals surface area (Å²) in [5.41, 5.74) is 6.17. The Morgan fingerprint density at radius 3 is 2.13 bits per heavy atom. The van der Waals surface area contributed by atoms with E-state index in [-0.39, 0.29) is 0 Å². The van der Waals surface area contributed by atoms with Crippen LogP contribution in [0.2, 0.25) is 0 Å². The molecule has 0 saturated carbocycles. The van der Waals surface area contributed by atoms with Gasteiger partial charge in [0.05, 0.1) is 0 Å². The van der Waals surface area contributed by atoms with Gasteiger partial charge in [0.15, 0.2) is 0 Å². The third-order valence-corrected chi connectivity index (χ3v) is 4.19. The van der Waals surface area contributed by atoms with Crippen LogP contribution >= 0.6 is 12.2 Å². The average Bonchev–Trinajstić information content (AvgIpc) is 2.30. The van der Waals surface area contributed by atoms with Crippen LogP contribution in [0.4, 0.5) is 0 Å². The summed E-state index contributed by atoms with van der Waals surface area (Å²) in [6.07, 6.45) is 10.4. The van der Waals surface area contributed by atoms with E-state index >= 15 is 0 Å². The Labute approximate surface area is 95.9 Å². The highest BCUT2D eigenvalue weighted by atomic mass is 32.1. The number of hydrogen-bond donors (Lipinski definition) is 1. The molecular formula is C13H17NS. The fourth-order valence-electron chi connectivity index (χ4n) is 3.08. The number of aromatic nitrogens is 1. The molecule has 0 fully saturated rings. The minimum Gasteiger partial charge on any atom is -0.350 e. The van der Waals surface area contributed by atoms with Crippen LogP contribution < -0.4 is 0 Å². The van der Waals surface area contributed by atoms with Crippen LogP contribution in [-0.4, -0.2) is 4.98 Å². The minimum atomic E-state index is 1.03. The maximum atomic E-state index is 5.47. The van der Waals surface area contributed by atoms with Gasteiger partial charge >= 0.3 is 0 Å². The molecule has 1 aromatic rings. The second-order valence-electron chi connectivity index (χ2n) is 4.78. The highest BCUT2D eigenvalue weighted by molar-refractivity contribution is 7.71. The van der Waals surface area contributed by atoms with Gasteiger partial charge in [0.1, 0.15) is 4.64 Å². The molecule has 2 aliphatic carbocycles. The fourth-order valence-corrected chi connectivity index (χ4v) is 3.43. The first-order valence-electron chi connectivity index (χ1n) is 6.12. The second-order valence-corrected chi connectivity index (χ2v) is 5.19. The molecule has 0 bridgehead atoms. The summed E-state index contributed by atoms with van der Waals surface area (Å²) in [4.78, 5) is 3.47. The van der Waals surface area contributed by atoms with Crippen LogP contribution in [0.5, 0.6) is 0 Å². The van der Waals surface area contributed by atoms with Gasteiger partial charge < -0.3 is 4.98 Å². The lowest BCUT2D eigenvalue weighted by atomic mass is 9.84. The van der Waals surface area contributed by atoms with Gasteiger partial charge in [-0.15, -0.1) is 0 Å². The van der Waals surface area contributed by atoms with E-state index in [4.69, 9.17) is 12.2 Å². The number of nitrogens with one attached hydrogen (secondary N) is 1. The number of rotatable bonds is 0. The highest BCUT2D eigenvalue weighted by Crippen LogP contribution is 2.30. The summed E-state index contributed by atoms with van der Waals surface area (Å²) in [6.45, 7) is 0. The summed E-state index contributed by atoms with van der Waals surface area (Å²) in [5.74, 6) is 0. The van der Waals surface area contributed by atoms with Crippen LogP contribution in [-0.2, 0) is 25.7 Å². The first kappa shape index (κ1) is 9.59. The maximum Gasteiger partial charge on any atom is 0.106 e. The van der Waals surface area contributed by atoms with Crippen LogP contribution in [0.15, 0.2) is 0 Å². The van der Waals surface area contributed by atoms with Crippen LogP contribution in [0, 0.1) is 4.64 Å². The zero-order valence-corrected chi connectivity index (χ0v) is 9.88. The molecule has 2 aliphatic rings. The van der Waals surface area contributed by atoms with Crippen molar-refractivity contribution in [2.45, 2.75) is 51.4 Å². The van der Waals surface area contributed by atoms with Crippen molar-refractivity contribution in [2.24, 2.45) is 0 Å². The van der Waals surface area contributed by atoms with Crippen LogP contribution in [0.3, 0.4) is 0 Å². The Balaban J connectivity index is 2.23. The Kier molecular flexibility index (Phi) is 2.39. The van der Waals surface area contributed by atoms with E-state index in [0.717, 1.165) is 4.64 Å². The lowest BCUT2D eigenvalue weighted by Gasteiger charge is -2.25. The lowest BCUT2D eigenvalue weighted by molar-refractivity contribution is 0.623. The number of aryl methyl sites for hydroxylation is 1. The van der Waals surface area contributed by atoms with Crippen molar-refractivity contribution < 1.29 is 0 Å². The van der Waals surface area contributed by atoms with Crippen molar-refractivity contribution in [2.75, 3.05) is 0 Å². The van der Waals surface area contributed by atoms with Crippen molar-refractivity contribution in [3.8, 4) is 0 Å². The molecule has 3 rings (SSSR count). The molecule has 1 heterocycles. The van der Waals surface area contributed by atoms with Gasteiger partial charge in [0.2, 0.25) is 0 Å². The van der Waals surface area contributed by atoms with Gasteiger partial charge in [0.25, 0.3) is 0 Å². The van der Waals surface area contributed by atoms with Crippen LogP contribution in [0.25, 0.3) is 0 Å². The zero-order chi connectivity index (χ0) is 10.3. The van der Waals surface area contributed by atoms with Crippen molar-refractivity contribution in [3.63, 3.8) is 0 Å². The molecule has 0 aromatic carbocycles. The smallest absolute Gasteiger partial charge is 0.106 e. The van der Waals surface area contributed by atoms with Gasteiger partial charge in [-0.2, -0.15) is 0 Å². The molecule has 2 heteroatoms. The normalized spacial score (nSPS) is 19.5. The van der Waals surface area contributed by atoms with E-state index in [1.165, 1.54) is 62.6 Å². The second kappa shape index (κ2) is 3.75. The molecule has 1 N–H and O–H groups in total. The first-order chi connectivity index (χ1) is 7.36. The Morgan fingerprint density at radius 1 is 0.733 bits per heavy atom. The number of aromatic amines is 1. The molecule has 0 radical (unpaired) electrons. The van der Waals surface area contributed by atoms with E-state index in [1.54, 1.807) is 11.1 Å². The van der Waals surface area contributed by atoms with Gasteiger partial charge in [-0.25, -0.2) is 0 Å². The zero-order valence-electron chi connectivity index (χ0n) is 9.07. The van der Waals surface area contributed by atoms with E-state index in [2.05, 4.69) is 4.98 Å². The van der Waals surface area contributed by atoms with Crippen LogP contribution in [0.1, 0.15) is 48.1 Å². The number of pyridine rings is 1. The molecule has 0 atom stereocenters. The fraction of sp³-hybridized carbons (Fsp3) is 0.615. The SMILES string of the molecule is S=c1[nH]c2c(c3c1CCCC3)CCCC2. The van der Waals surface area contributed by atoms with Crippen molar-refractivity contribution >= 4 is 12.2 Å². The molecule has 0 amide bonds. The third kappa shape index (κ3) is 1.55. The van der Waals surface area contributed by atoms with E-state index < -0.39 is 0 Å². The molecule has 0 spiro atoms. The Bertz CT molecular complexity index is 445. The van der Waals surface area contributed by atoms with Gasteiger partial charge in [-0.05, 0) is 68.1 Å². The monoisotopic (exact) mass is 219 g/mol. The van der Waals surface area contributed by atoms with Crippen molar-refractivity contribution in [1.82, 2.24) is 4.98 Å². The van der Waals surface area contributed by atoms with Gasteiger partial charge in [-0.3, -0.25) is 0 Å². The van der Waals surface area contributed by atoms with E-state index in [1.807, 2.05) is 0 Å². The third-order valence-electron chi connectivity index (χ3n) is 3.84. The predicted molar refractivity (Wildman–Crippen MR) is 64.9 cm³/mol. The standard InChI is InChI=1S/C13H17NS/c15-13-11-7-2-1-5-9(11)10-6-3-4-8-12(10)14-13/h1-8H2,(H,14,15). The maximum absolute atomic E-state index is 5.47. The summed E-state index contributed by atoms with van der Waals surface area (Å²) in [5, 5.41) is 0. The molecule has 15 heavy (non-hydrogen) atoms. The molecular weight excluding hydrogens is 202 g/mol. The summed E-state index contributed by atoms with van der Waals surface area (Å²) in [7, 11) is 0. The lowest BCUT2D eigenvalue weighted by Crippen LogP contribution is -2.15. The van der Waals surface area contributed by atoms with E-state index in [0.29, 0.717) is 0 Å². The summed E-state index contributed by atoms with van der Waals surface area (Å²) < 4.78 is 1.03. The van der Waals surface area contributed by atoms with Gasteiger partial charge in [0, 0.05) is 5.69 Å². The van der Waals surface area contributed by atoms with Crippen molar-refractivity contribution in [1.29, 1.82) is 0 Å². The molecule has 0 saturated heterocycles. The number of hydrogen-bond acceptors (Lipinski definition) is 1. The summed E-state index contributed by atoms with van der Waals surface area (Å²) in [6, 6.07) is 0. The topological polar surface area (TPSA) is 15.8 Å². The molecule has 1 nitrogen and oxygen atoms in total. The molecule has 1 aromatic heterocycles. The molecule has 80 valence electrons. The quantitative estimate of drug-likeness (QED) is 0.660. The first-order valence-corrected chi connectivity index (χ1v) is 6.53. The average molecular weight is 219 g/mol. The molecule has 0 aliphatic heterocycles.